The van der Waals surface area contributed by atoms with Crippen LogP contribution in [0.4, 0.5) is 10.3 Å². The average molecular weight is 510 g/mol. The molecule has 1 aromatic heterocycles. The molecular weight excluding hydrogens is 495 g/mol. The van der Waals surface area contributed by atoms with Crippen molar-refractivity contribution in [3.8, 4) is 5.75 Å². The molecule has 2 unspecified atom stereocenters. The van der Waals surface area contributed by atoms with E-state index in [-0.39, 0.29) is 5.82 Å². The molecule has 3 aromatic carbocycles. The maximum Gasteiger partial charge on any atom is 0.226 e. The lowest BCUT2D eigenvalue weighted by atomic mass is 9.84. The predicted molar refractivity (Wildman–Crippen MR) is 124 cm³/mol. The van der Waals surface area contributed by atoms with Crippen molar-refractivity contribution in [2.24, 2.45) is 0 Å². The van der Waals surface area contributed by atoms with E-state index >= 15 is 4.39 Å². The molecule has 0 aliphatic carbocycles. The van der Waals surface area contributed by atoms with Crippen LogP contribution in [0.5, 0.6) is 5.75 Å². The minimum atomic E-state index is -0.550. The molecule has 2 aliphatic rings. The van der Waals surface area contributed by atoms with Gasteiger partial charge in [-0.25, -0.2) is 9.07 Å². The number of hydrogen-bond donors (Lipinski definition) is 1. The highest BCUT2D eigenvalue weighted by atomic mass is 79.9. The van der Waals surface area contributed by atoms with Crippen molar-refractivity contribution in [3.63, 3.8) is 0 Å². The second-order valence-electron chi connectivity index (χ2n) is 7.60. The van der Waals surface area contributed by atoms with E-state index < -0.39 is 12.1 Å². The molecule has 1 N–H and O–H groups in total. The fraction of sp³-hybridized carbons (Fsp3) is 0.0833. The summed E-state index contributed by atoms with van der Waals surface area (Å²) in [4.78, 5) is 4.36. The first-order valence-electron chi connectivity index (χ1n) is 9.97. The highest BCUT2D eigenvalue weighted by Gasteiger charge is 2.41. The Labute approximate surface area is 196 Å². The summed E-state index contributed by atoms with van der Waals surface area (Å²) in [6.45, 7) is 0. The second-order valence-corrected chi connectivity index (χ2v) is 8.95. The van der Waals surface area contributed by atoms with Gasteiger partial charge in [-0.2, -0.15) is 10.1 Å². The number of benzene rings is 3. The molecule has 8 heteroatoms. The molecule has 0 bridgehead atoms. The molecule has 3 heterocycles. The number of hydrogen-bond acceptors (Lipinski definition) is 4. The fourth-order valence-electron chi connectivity index (χ4n) is 4.35. The Kier molecular flexibility index (Phi) is 4.55. The topological polar surface area (TPSA) is 52.0 Å². The van der Waals surface area contributed by atoms with Gasteiger partial charge in [0, 0.05) is 26.2 Å². The number of ether oxygens (including phenoxy) is 1. The number of nitrogens with zero attached hydrogens (tertiary/aromatic N) is 3. The summed E-state index contributed by atoms with van der Waals surface area (Å²) < 4.78 is 24.3. The normalized spacial score (nSPS) is 18.8. The van der Waals surface area contributed by atoms with E-state index in [9.17, 15) is 0 Å². The molecule has 2 atom stereocenters. The van der Waals surface area contributed by atoms with E-state index in [1.165, 1.54) is 12.4 Å². The first-order valence-corrected chi connectivity index (χ1v) is 11.1. The van der Waals surface area contributed by atoms with Crippen LogP contribution in [0.1, 0.15) is 28.8 Å². The first-order chi connectivity index (χ1) is 15.6. The zero-order valence-corrected chi connectivity index (χ0v) is 18.8. The highest BCUT2D eigenvalue weighted by molar-refractivity contribution is 9.10. The zero-order valence-electron chi connectivity index (χ0n) is 16.5. The van der Waals surface area contributed by atoms with Crippen LogP contribution >= 0.6 is 27.5 Å². The minimum Gasteiger partial charge on any atom is -0.480 e. The summed E-state index contributed by atoms with van der Waals surface area (Å²) in [5.41, 5.74) is 3.87. The second kappa shape index (κ2) is 7.46. The molecule has 0 spiro atoms. The van der Waals surface area contributed by atoms with Gasteiger partial charge < -0.3 is 10.1 Å². The molecule has 0 fully saturated rings. The summed E-state index contributed by atoms with van der Waals surface area (Å²) in [5, 5.41) is 8.39. The van der Waals surface area contributed by atoms with Gasteiger partial charge in [0.15, 0.2) is 0 Å². The lowest BCUT2D eigenvalue weighted by Gasteiger charge is -2.39. The number of nitrogens with one attached hydrogen (secondary N) is 1. The van der Waals surface area contributed by atoms with Gasteiger partial charge in [-0.15, -0.1) is 0 Å². The Bertz CT molecular complexity index is 1390. The van der Waals surface area contributed by atoms with Crippen LogP contribution in [-0.4, -0.2) is 14.8 Å². The molecule has 0 amide bonds. The van der Waals surface area contributed by atoms with E-state index in [2.05, 4.69) is 31.3 Å². The van der Waals surface area contributed by atoms with Crippen LogP contribution in [0.25, 0.3) is 5.70 Å². The molecule has 4 aromatic rings. The molecule has 0 radical (unpaired) electrons. The lowest BCUT2D eigenvalue weighted by Crippen LogP contribution is -2.32. The number of aromatic nitrogens is 3. The summed E-state index contributed by atoms with van der Waals surface area (Å²) >= 11 is 9.83. The quantitative estimate of drug-likeness (QED) is 0.340. The van der Waals surface area contributed by atoms with Crippen molar-refractivity contribution >= 4 is 39.2 Å². The zero-order chi connectivity index (χ0) is 21.8. The Morgan fingerprint density at radius 3 is 2.69 bits per heavy atom. The third-order valence-corrected chi connectivity index (χ3v) is 6.51. The average Bonchev–Trinajstić information content (AvgIpc) is 3.27. The maximum absolute atomic E-state index is 15.1. The molecule has 158 valence electrons. The van der Waals surface area contributed by atoms with Crippen LogP contribution in [0.2, 0.25) is 5.02 Å². The highest BCUT2D eigenvalue weighted by Crippen LogP contribution is 2.51. The van der Waals surface area contributed by atoms with Crippen molar-refractivity contribution in [1.29, 1.82) is 0 Å². The Morgan fingerprint density at radius 2 is 1.88 bits per heavy atom. The standard InChI is InChI=1S/C24H15BrClFN4O/c25-14-7-5-13(6-8-14)23-20-21(17-11-15(26)9-10-19(17)32-23)30-24-28-12-29-31(24)22(20)16-3-1-2-4-18(16)27/h1-12,22-23H,(H,28,29,30). The number of fused-ring (bicyclic) bond motifs is 3. The lowest BCUT2D eigenvalue weighted by molar-refractivity contribution is 0.222. The Hall–Kier alpha value is -3.16. The summed E-state index contributed by atoms with van der Waals surface area (Å²) in [6, 6.07) is 19.6. The SMILES string of the molecule is Fc1ccccc1C1C2=C(Nc3ncnn31)c1cc(Cl)ccc1OC2c1ccc(Br)cc1. The Morgan fingerprint density at radius 1 is 1.06 bits per heavy atom. The molecule has 32 heavy (non-hydrogen) atoms. The smallest absolute Gasteiger partial charge is 0.226 e. The van der Waals surface area contributed by atoms with E-state index in [1.807, 2.05) is 42.5 Å². The fourth-order valence-corrected chi connectivity index (χ4v) is 4.79. The monoisotopic (exact) mass is 508 g/mol. The molecular formula is C24H15BrClFN4O. The van der Waals surface area contributed by atoms with E-state index in [4.69, 9.17) is 16.3 Å². The van der Waals surface area contributed by atoms with Crippen LogP contribution in [0.15, 0.2) is 83.1 Å². The summed E-state index contributed by atoms with van der Waals surface area (Å²) in [6.07, 6.45) is 0.990. The van der Waals surface area contributed by atoms with Gasteiger partial charge in [-0.3, -0.25) is 0 Å². The minimum absolute atomic E-state index is 0.320. The largest absolute Gasteiger partial charge is 0.480 e. The third kappa shape index (κ3) is 3.04. The summed E-state index contributed by atoms with van der Waals surface area (Å²) in [5.74, 6) is 0.896. The van der Waals surface area contributed by atoms with Crippen molar-refractivity contribution < 1.29 is 9.13 Å². The molecule has 0 saturated heterocycles. The number of anilines is 1. The van der Waals surface area contributed by atoms with Gasteiger partial charge in [-0.1, -0.05) is 57.9 Å². The van der Waals surface area contributed by atoms with Gasteiger partial charge in [0.1, 0.15) is 30.0 Å². The Balaban J connectivity index is 1.65. The van der Waals surface area contributed by atoms with Gasteiger partial charge >= 0.3 is 0 Å². The van der Waals surface area contributed by atoms with Gasteiger partial charge in [-0.05, 0) is 42.0 Å². The van der Waals surface area contributed by atoms with Crippen LogP contribution in [0, 0.1) is 5.82 Å². The molecule has 0 saturated carbocycles. The van der Waals surface area contributed by atoms with E-state index in [0.717, 1.165) is 26.9 Å². The summed E-state index contributed by atoms with van der Waals surface area (Å²) in [7, 11) is 0. The van der Waals surface area contributed by atoms with Gasteiger partial charge in [0.2, 0.25) is 5.95 Å². The number of halogens is 3. The third-order valence-electron chi connectivity index (χ3n) is 5.75. The van der Waals surface area contributed by atoms with Crippen molar-refractivity contribution in [2.75, 3.05) is 5.32 Å². The van der Waals surface area contributed by atoms with Gasteiger partial charge in [0.05, 0.1) is 5.70 Å². The van der Waals surface area contributed by atoms with Crippen molar-refractivity contribution in [1.82, 2.24) is 14.8 Å². The van der Waals surface area contributed by atoms with Crippen molar-refractivity contribution in [3.05, 3.63) is 111 Å². The van der Waals surface area contributed by atoms with Crippen LogP contribution < -0.4 is 10.1 Å². The predicted octanol–water partition coefficient (Wildman–Crippen LogP) is 6.39. The maximum atomic E-state index is 15.1. The first kappa shape index (κ1) is 19.5. The molecule has 2 aliphatic heterocycles. The van der Waals surface area contributed by atoms with E-state index in [0.29, 0.717) is 22.3 Å². The molecule has 5 nitrogen and oxygen atoms in total. The van der Waals surface area contributed by atoms with Crippen LogP contribution in [0.3, 0.4) is 0 Å². The van der Waals surface area contributed by atoms with E-state index in [1.54, 1.807) is 22.9 Å². The van der Waals surface area contributed by atoms with Crippen LogP contribution in [-0.2, 0) is 0 Å². The molecule has 6 rings (SSSR count). The van der Waals surface area contributed by atoms with Crippen molar-refractivity contribution in [2.45, 2.75) is 12.1 Å². The van der Waals surface area contributed by atoms with Gasteiger partial charge in [0.25, 0.3) is 0 Å². The number of rotatable bonds is 2.